The van der Waals surface area contributed by atoms with E-state index in [0.717, 1.165) is 44.5 Å². The van der Waals surface area contributed by atoms with Crippen LogP contribution in [0.4, 0.5) is 0 Å². The lowest BCUT2D eigenvalue weighted by Crippen LogP contribution is -2.55. The molecule has 2 aliphatic rings. The van der Waals surface area contributed by atoms with Crippen LogP contribution in [0.2, 0.25) is 0 Å². The minimum absolute atomic E-state index is 0.0700. The first-order valence-corrected chi connectivity index (χ1v) is 11.8. The number of carbonyl (C=O) groups excluding carboxylic acids is 1. The van der Waals surface area contributed by atoms with E-state index in [9.17, 15) is 4.79 Å². The maximum Gasteiger partial charge on any atom is 0.247 e. The smallest absolute Gasteiger partial charge is 0.247 e. The van der Waals surface area contributed by atoms with E-state index in [2.05, 4.69) is 12.2 Å². The van der Waals surface area contributed by atoms with Crippen molar-refractivity contribution in [3.8, 4) is 0 Å². The molecule has 0 spiro atoms. The Morgan fingerprint density at radius 2 is 1.89 bits per heavy atom. The van der Waals surface area contributed by atoms with Crippen molar-refractivity contribution < 1.29 is 4.79 Å². The number of hydrogen-bond acceptors (Lipinski definition) is 4. The van der Waals surface area contributed by atoms with Gasteiger partial charge in [-0.2, -0.15) is 0 Å². The lowest BCUT2D eigenvalue weighted by atomic mass is 9.74. The lowest BCUT2D eigenvalue weighted by molar-refractivity contribution is -0.133. The number of likely N-dealkylation sites (N-methyl/N-ethyl adjacent to an activating group) is 1. The molecule has 2 aliphatic carbocycles. The van der Waals surface area contributed by atoms with Crippen LogP contribution in [-0.4, -0.2) is 42.3 Å². The molecule has 1 amide bonds. The Kier molecular flexibility index (Phi) is 9.93. The molecule has 2 fully saturated rings. The molecule has 0 unspecified atom stereocenters. The third-order valence-corrected chi connectivity index (χ3v) is 7.06. The lowest BCUT2D eigenvalue weighted by Gasteiger charge is -2.38. The van der Waals surface area contributed by atoms with Gasteiger partial charge in [0.2, 0.25) is 5.91 Å². The highest BCUT2D eigenvalue weighted by atomic mass is 16.2. The first kappa shape index (κ1) is 23.3. The van der Waals surface area contributed by atoms with Gasteiger partial charge in [0.05, 0.1) is 11.9 Å². The fraction of sp³-hybridized carbons (Fsp3) is 0.913. The van der Waals surface area contributed by atoms with Crippen LogP contribution < -0.4 is 11.1 Å². The number of carbonyl (C=O) groups is 1. The fourth-order valence-electron chi connectivity index (χ4n) is 5.30. The molecular weight excluding hydrogens is 348 g/mol. The highest BCUT2D eigenvalue weighted by molar-refractivity contribution is 5.93. The summed E-state index contributed by atoms with van der Waals surface area (Å²) in [4.78, 5) is 14.5. The maximum atomic E-state index is 13.1. The Labute approximate surface area is 172 Å². The van der Waals surface area contributed by atoms with Crippen molar-refractivity contribution >= 4 is 12.2 Å². The number of nitrogens with two attached hydrogens (primary N) is 1. The Bertz CT molecular complexity index is 477. The van der Waals surface area contributed by atoms with E-state index in [1.807, 2.05) is 0 Å². The van der Waals surface area contributed by atoms with E-state index >= 15 is 0 Å². The number of amides is 1. The van der Waals surface area contributed by atoms with Gasteiger partial charge in [-0.05, 0) is 56.9 Å². The van der Waals surface area contributed by atoms with Gasteiger partial charge >= 0.3 is 0 Å². The normalized spacial score (nSPS) is 25.8. The number of hydrogen-bond donors (Lipinski definition) is 3. The van der Waals surface area contributed by atoms with Gasteiger partial charge < -0.3 is 16.0 Å². The minimum atomic E-state index is -0.820. The van der Waals surface area contributed by atoms with Gasteiger partial charge in [0, 0.05) is 13.1 Å². The molecule has 5 nitrogen and oxygen atoms in total. The summed E-state index contributed by atoms with van der Waals surface area (Å²) in [5.74, 6) is 1.16. The first-order valence-electron chi connectivity index (χ1n) is 11.8. The Balaban J connectivity index is 1.97. The average Bonchev–Trinajstić information content (AvgIpc) is 2.72. The van der Waals surface area contributed by atoms with Gasteiger partial charge in [-0.3, -0.25) is 10.2 Å². The van der Waals surface area contributed by atoms with Crippen molar-refractivity contribution in [3.05, 3.63) is 0 Å². The van der Waals surface area contributed by atoms with Gasteiger partial charge in [-0.25, -0.2) is 0 Å². The van der Waals surface area contributed by atoms with Gasteiger partial charge in [-0.15, -0.1) is 0 Å². The molecule has 3 atom stereocenters. The molecule has 0 aromatic carbocycles. The molecule has 4 N–H and O–H groups in total. The van der Waals surface area contributed by atoms with Gasteiger partial charge in [0.25, 0.3) is 0 Å². The molecule has 28 heavy (non-hydrogen) atoms. The zero-order valence-electron chi connectivity index (χ0n) is 18.3. The summed E-state index contributed by atoms with van der Waals surface area (Å²) >= 11 is 0. The largest absolute Gasteiger partial charge is 0.317 e. The van der Waals surface area contributed by atoms with Gasteiger partial charge in [0.1, 0.15) is 0 Å². The molecule has 162 valence electrons. The highest BCUT2D eigenvalue weighted by Gasteiger charge is 2.39. The number of nitrogens with one attached hydrogen (secondary N) is 2. The zero-order valence-corrected chi connectivity index (χ0v) is 18.3. The van der Waals surface area contributed by atoms with E-state index in [-0.39, 0.29) is 5.91 Å². The second-order valence-electron chi connectivity index (χ2n) is 9.49. The predicted molar refractivity (Wildman–Crippen MR) is 118 cm³/mol. The van der Waals surface area contributed by atoms with Gasteiger partial charge in [0.15, 0.2) is 0 Å². The Morgan fingerprint density at radius 3 is 2.57 bits per heavy atom. The van der Waals surface area contributed by atoms with Crippen molar-refractivity contribution in [2.45, 2.75) is 108 Å². The SMILES string of the molecule is CCCCN[C@@H]1CCC[C@@H](C[C@](N)(CCC2CCCCC2)C(=O)N(C)C=N)C1. The summed E-state index contributed by atoms with van der Waals surface area (Å²) in [6, 6.07) is 0.573. The van der Waals surface area contributed by atoms with E-state index in [1.165, 1.54) is 69.1 Å². The summed E-state index contributed by atoms with van der Waals surface area (Å²) in [5.41, 5.74) is 6.00. The van der Waals surface area contributed by atoms with Crippen LogP contribution in [0.5, 0.6) is 0 Å². The van der Waals surface area contributed by atoms with Crippen molar-refractivity contribution in [3.63, 3.8) is 0 Å². The first-order chi connectivity index (χ1) is 13.5. The fourth-order valence-corrected chi connectivity index (χ4v) is 5.30. The number of nitrogens with zero attached hydrogens (tertiary/aromatic N) is 1. The summed E-state index contributed by atoms with van der Waals surface area (Å²) in [5, 5.41) is 11.2. The van der Waals surface area contributed by atoms with E-state index in [0.29, 0.717) is 12.0 Å². The van der Waals surface area contributed by atoms with Crippen LogP contribution in [-0.2, 0) is 4.79 Å². The molecule has 0 heterocycles. The Morgan fingerprint density at radius 1 is 1.18 bits per heavy atom. The van der Waals surface area contributed by atoms with Crippen molar-refractivity contribution in [2.24, 2.45) is 17.6 Å². The summed E-state index contributed by atoms with van der Waals surface area (Å²) in [6.45, 7) is 3.32. The highest BCUT2D eigenvalue weighted by Crippen LogP contribution is 2.35. The van der Waals surface area contributed by atoms with Gasteiger partial charge in [-0.1, -0.05) is 58.3 Å². The second kappa shape index (κ2) is 11.9. The molecule has 0 bridgehead atoms. The summed E-state index contributed by atoms with van der Waals surface area (Å²) in [7, 11) is 1.67. The molecule has 2 saturated carbocycles. The second-order valence-corrected chi connectivity index (χ2v) is 9.49. The van der Waals surface area contributed by atoms with Crippen LogP contribution in [0.3, 0.4) is 0 Å². The quantitative estimate of drug-likeness (QED) is 0.276. The van der Waals surface area contributed by atoms with E-state index in [4.69, 9.17) is 11.1 Å². The molecule has 0 aromatic rings. The van der Waals surface area contributed by atoms with Crippen LogP contribution in [0, 0.1) is 17.2 Å². The topological polar surface area (TPSA) is 82.2 Å². The van der Waals surface area contributed by atoms with Crippen LogP contribution in [0.25, 0.3) is 0 Å². The summed E-state index contributed by atoms with van der Waals surface area (Å²) < 4.78 is 0. The third kappa shape index (κ3) is 7.14. The summed E-state index contributed by atoms with van der Waals surface area (Å²) in [6.07, 6.45) is 17.5. The Hall–Kier alpha value is -0.940. The monoisotopic (exact) mass is 392 g/mol. The average molecular weight is 393 g/mol. The molecular formula is C23H44N4O. The zero-order chi connectivity index (χ0) is 20.4. The third-order valence-electron chi connectivity index (χ3n) is 7.06. The van der Waals surface area contributed by atoms with Crippen LogP contribution in [0.1, 0.15) is 96.8 Å². The molecule has 5 heteroatoms. The van der Waals surface area contributed by atoms with Crippen LogP contribution >= 0.6 is 0 Å². The van der Waals surface area contributed by atoms with E-state index < -0.39 is 5.54 Å². The predicted octanol–water partition coefficient (Wildman–Crippen LogP) is 4.45. The van der Waals surface area contributed by atoms with Crippen molar-refractivity contribution in [1.29, 1.82) is 5.41 Å². The van der Waals surface area contributed by atoms with Crippen molar-refractivity contribution in [2.75, 3.05) is 13.6 Å². The minimum Gasteiger partial charge on any atom is -0.317 e. The van der Waals surface area contributed by atoms with Crippen molar-refractivity contribution in [1.82, 2.24) is 10.2 Å². The van der Waals surface area contributed by atoms with Crippen LogP contribution in [0.15, 0.2) is 0 Å². The molecule has 0 aliphatic heterocycles. The number of unbranched alkanes of at least 4 members (excludes halogenated alkanes) is 1. The molecule has 2 rings (SSSR count). The molecule has 0 saturated heterocycles. The number of rotatable bonds is 11. The molecule has 0 aromatic heterocycles. The molecule has 0 radical (unpaired) electrons. The van der Waals surface area contributed by atoms with E-state index in [1.54, 1.807) is 7.05 Å². The maximum absolute atomic E-state index is 13.1. The standard InChI is InChI=1S/C23H44N4O/c1-3-4-15-26-21-12-8-11-20(16-21)17-23(25,22(28)27(2)18-24)14-13-19-9-6-5-7-10-19/h18-21,24,26H,3-17,25H2,1-2H3/t20-,21-,23-/m1/s1.